The highest BCUT2D eigenvalue weighted by Crippen LogP contribution is 2.33. The number of thiazole rings is 1. The standard InChI is InChI=1S/C13H13N3OS.C10H6F3NS/c1-4-13(15-14-7-1)16-18-11-6-5-10-3-2-8-17-12(10)9-11;11-10(12,13)8-3-1-2-7(6-8)9-14-4-5-15-9/h1,4-7,9H,2-3,8H2,(H,15,16);1-6H. The minimum Gasteiger partial charge on any atom is -0.493 e. The highest BCUT2D eigenvalue weighted by atomic mass is 32.2. The molecule has 5 rings (SSSR count). The monoisotopic (exact) mass is 488 g/mol. The second-order valence-corrected chi connectivity index (χ2v) is 8.72. The Kier molecular flexibility index (Phi) is 7.46. The second kappa shape index (κ2) is 10.7. The van der Waals surface area contributed by atoms with E-state index < -0.39 is 11.7 Å². The zero-order valence-corrected chi connectivity index (χ0v) is 18.9. The average molecular weight is 489 g/mol. The number of aryl methyl sites for hydroxylation is 1. The molecule has 33 heavy (non-hydrogen) atoms. The number of ether oxygens (including phenoxy) is 1. The Labute approximate surface area is 197 Å². The number of rotatable bonds is 4. The number of anilines is 1. The van der Waals surface area contributed by atoms with Gasteiger partial charge in [-0.1, -0.05) is 18.2 Å². The molecular weight excluding hydrogens is 469 g/mol. The molecular formula is C23H19F3N4OS2. The number of hydrogen-bond donors (Lipinski definition) is 1. The van der Waals surface area contributed by atoms with Crippen LogP contribution in [0.1, 0.15) is 17.5 Å². The predicted octanol–water partition coefficient (Wildman–Crippen LogP) is 6.75. The fourth-order valence-corrected chi connectivity index (χ4v) is 4.31. The molecule has 4 aromatic rings. The fourth-order valence-electron chi connectivity index (χ4n) is 3.05. The SMILES string of the molecule is FC(F)(F)c1cccc(-c2nccs2)c1.c1cnnc(NSc2ccc3c(c2)OCCC3)c1. The van der Waals surface area contributed by atoms with E-state index in [4.69, 9.17) is 4.74 Å². The first kappa shape index (κ1) is 23.1. The lowest BCUT2D eigenvalue weighted by Gasteiger charge is -2.17. The molecule has 3 heterocycles. The Hall–Kier alpha value is -3.11. The van der Waals surface area contributed by atoms with Crippen LogP contribution in [-0.2, 0) is 12.6 Å². The molecule has 0 aliphatic carbocycles. The van der Waals surface area contributed by atoms with Crippen LogP contribution in [0.15, 0.2) is 77.3 Å². The Balaban J connectivity index is 0.000000160. The molecule has 2 aromatic heterocycles. The van der Waals surface area contributed by atoms with Crippen molar-refractivity contribution in [1.29, 1.82) is 0 Å². The zero-order chi connectivity index (χ0) is 23.1. The topological polar surface area (TPSA) is 59.9 Å². The molecule has 1 aliphatic rings. The van der Waals surface area contributed by atoms with Crippen LogP contribution in [0.3, 0.4) is 0 Å². The van der Waals surface area contributed by atoms with E-state index in [1.54, 1.807) is 23.8 Å². The molecule has 0 radical (unpaired) electrons. The molecule has 5 nitrogen and oxygen atoms in total. The van der Waals surface area contributed by atoms with Crippen molar-refractivity contribution in [3.8, 4) is 16.3 Å². The zero-order valence-electron chi connectivity index (χ0n) is 17.2. The van der Waals surface area contributed by atoms with Gasteiger partial charge in [-0.05, 0) is 66.8 Å². The minimum atomic E-state index is -4.30. The Bertz CT molecular complexity index is 1170. The molecule has 0 saturated heterocycles. The lowest BCUT2D eigenvalue weighted by Crippen LogP contribution is -2.08. The van der Waals surface area contributed by atoms with E-state index >= 15 is 0 Å². The summed E-state index contributed by atoms with van der Waals surface area (Å²) in [5.41, 5.74) is 1.15. The van der Waals surface area contributed by atoms with Crippen LogP contribution < -0.4 is 9.46 Å². The van der Waals surface area contributed by atoms with Crippen molar-refractivity contribution >= 4 is 29.1 Å². The van der Waals surface area contributed by atoms with E-state index in [2.05, 4.69) is 38.1 Å². The summed E-state index contributed by atoms with van der Waals surface area (Å²) in [4.78, 5) is 5.07. The maximum atomic E-state index is 12.4. The van der Waals surface area contributed by atoms with Crippen LogP contribution in [0.2, 0.25) is 0 Å². The first-order valence-corrected chi connectivity index (χ1v) is 11.7. The van der Waals surface area contributed by atoms with Gasteiger partial charge in [-0.2, -0.15) is 18.3 Å². The maximum absolute atomic E-state index is 12.4. The Morgan fingerprint density at radius 2 is 1.94 bits per heavy atom. The van der Waals surface area contributed by atoms with Crippen LogP contribution in [0, 0.1) is 0 Å². The smallest absolute Gasteiger partial charge is 0.416 e. The number of benzene rings is 2. The number of hydrogen-bond acceptors (Lipinski definition) is 7. The highest BCUT2D eigenvalue weighted by molar-refractivity contribution is 8.00. The van der Waals surface area contributed by atoms with Crippen molar-refractivity contribution < 1.29 is 17.9 Å². The van der Waals surface area contributed by atoms with Crippen LogP contribution in [0.4, 0.5) is 19.0 Å². The van der Waals surface area contributed by atoms with Crippen molar-refractivity contribution in [3.63, 3.8) is 0 Å². The molecule has 170 valence electrons. The quantitative estimate of drug-likeness (QED) is 0.321. The summed E-state index contributed by atoms with van der Waals surface area (Å²) in [6.45, 7) is 0.818. The molecule has 0 unspecified atom stereocenters. The van der Waals surface area contributed by atoms with E-state index in [-0.39, 0.29) is 0 Å². The van der Waals surface area contributed by atoms with Crippen molar-refractivity contribution in [2.24, 2.45) is 0 Å². The number of fused-ring (bicyclic) bond motifs is 1. The molecule has 0 bridgehead atoms. The van der Waals surface area contributed by atoms with E-state index in [1.807, 2.05) is 12.1 Å². The summed E-state index contributed by atoms with van der Waals surface area (Å²) in [7, 11) is 0. The third kappa shape index (κ3) is 6.45. The van der Waals surface area contributed by atoms with Gasteiger partial charge in [0.1, 0.15) is 10.8 Å². The highest BCUT2D eigenvalue weighted by Gasteiger charge is 2.30. The van der Waals surface area contributed by atoms with Crippen molar-refractivity contribution in [3.05, 3.63) is 83.5 Å². The third-order valence-corrected chi connectivity index (χ3v) is 6.22. The van der Waals surface area contributed by atoms with Gasteiger partial charge in [0, 0.05) is 28.2 Å². The van der Waals surface area contributed by atoms with E-state index in [0.29, 0.717) is 10.6 Å². The van der Waals surface area contributed by atoms with Gasteiger partial charge in [-0.25, -0.2) is 4.98 Å². The van der Waals surface area contributed by atoms with E-state index in [1.165, 1.54) is 34.9 Å². The molecule has 10 heteroatoms. The van der Waals surface area contributed by atoms with Gasteiger partial charge < -0.3 is 9.46 Å². The lowest BCUT2D eigenvalue weighted by molar-refractivity contribution is -0.137. The average Bonchev–Trinajstić information content (AvgIpc) is 3.38. The van der Waals surface area contributed by atoms with Gasteiger partial charge in [0.15, 0.2) is 5.82 Å². The molecule has 1 N–H and O–H groups in total. The van der Waals surface area contributed by atoms with Gasteiger partial charge in [0.25, 0.3) is 0 Å². The van der Waals surface area contributed by atoms with Crippen LogP contribution >= 0.6 is 23.3 Å². The number of halogens is 3. The van der Waals surface area contributed by atoms with Crippen molar-refractivity contribution in [2.75, 3.05) is 11.3 Å². The predicted molar refractivity (Wildman–Crippen MR) is 124 cm³/mol. The molecule has 0 amide bonds. The van der Waals surface area contributed by atoms with Crippen molar-refractivity contribution in [2.45, 2.75) is 23.9 Å². The molecule has 0 fully saturated rings. The van der Waals surface area contributed by atoms with Gasteiger partial charge in [-0.3, -0.25) is 0 Å². The third-order valence-electron chi connectivity index (χ3n) is 4.60. The van der Waals surface area contributed by atoms with Gasteiger partial charge in [0.2, 0.25) is 0 Å². The fraction of sp³-hybridized carbons (Fsp3) is 0.174. The van der Waals surface area contributed by atoms with Gasteiger partial charge >= 0.3 is 6.18 Å². The summed E-state index contributed by atoms with van der Waals surface area (Å²) < 4.78 is 46.0. The first-order valence-electron chi connectivity index (χ1n) is 10.0. The Morgan fingerprint density at radius 1 is 1.03 bits per heavy atom. The molecule has 0 spiro atoms. The number of nitrogens with zero attached hydrogens (tertiary/aromatic N) is 3. The molecule has 2 aromatic carbocycles. The van der Waals surface area contributed by atoms with Crippen molar-refractivity contribution in [1.82, 2.24) is 15.2 Å². The normalized spacial score (nSPS) is 12.7. The molecule has 0 saturated carbocycles. The number of nitrogens with one attached hydrogen (secondary N) is 1. The van der Waals surface area contributed by atoms with Gasteiger partial charge in [-0.15, -0.1) is 16.4 Å². The van der Waals surface area contributed by atoms with E-state index in [0.717, 1.165) is 48.0 Å². The lowest BCUT2D eigenvalue weighted by atomic mass is 10.1. The van der Waals surface area contributed by atoms with Crippen LogP contribution in [0.25, 0.3) is 10.6 Å². The second-order valence-electron chi connectivity index (χ2n) is 6.95. The summed E-state index contributed by atoms with van der Waals surface area (Å²) in [6.07, 6.45) is 1.14. The molecule has 1 aliphatic heterocycles. The summed E-state index contributed by atoms with van der Waals surface area (Å²) in [6, 6.07) is 15.2. The summed E-state index contributed by atoms with van der Waals surface area (Å²) in [5, 5.41) is 10.1. The number of aromatic nitrogens is 3. The summed E-state index contributed by atoms with van der Waals surface area (Å²) >= 11 is 2.83. The minimum absolute atomic E-state index is 0.500. The number of alkyl halides is 3. The first-order chi connectivity index (χ1) is 16.0. The van der Waals surface area contributed by atoms with Gasteiger partial charge in [0.05, 0.1) is 12.2 Å². The van der Waals surface area contributed by atoms with E-state index in [9.17, 15) is 13.2 Å². The van der Waals surface area contributed by atoms with Crippen LogP contribution in [0.5, 0.6) is 5.75 Å². The largest absolute Gasteiger partial charge is 0.493 e. The van der Waals surface area contributed by atoms with Crippen LogP contribution in [-0.4, -0.2) is 21.8 Å². The molecule has 0 atom stereocenters. The maximum Gasteiger partial charge on any atom is 0.416 e. The Morgan fingerprint density at radius 3 is 2.70 bits per heavy atom. The summed E-state index contributed by atoms with van der Waals surface area (Å²) in [5.74, 6) is 1.76.